The second-order valence-electron chi connectivity index (χ2n) is 6.48. The number of benzene rings is 1. The van der Waals surface area contributed by atoms with Crippen LogP contribution in [0.2, 0.25) is 0 Å². The highest BCUT2D eigenvalue weighted by molar-refractivity contribution is 7.89. The molecule has 0 aliphatic carbocycles. The minimum Gasteiger partial charge on any atom is -0.340 e. The Morgan fingerprint density at radius 1 is 1.22 bits per heavy atom. The Hall–Kier alpha value is -1.74. The minimum atomic E-state index is -3.65. The van der Waals surface area contributed by atoms with Crippen LogP contribution in [0.3, 0.4) is 0 Å². The quantitative estimate of drug-likeness (QED) is 0.802. The zero-order chi connectivity index (χ0) is 18.7. The third-order valence-corrected chi connectivity index (χ3v) is 6.54. The SMILES string of the molecule is CNCCC(=O)N1CCN(S(=O)(=O)c2cccc3cc(C)cnc23)CC1.Cl. The van der Waals surface area contributed by atoms with Crippen molar-refractivity contribution in [3.8, 4) is 0 Å². The number of aryl methyl sites for hydroxylation is 1. The average Bonchev–Trinajstić information content (AvgIpc) is 2.65. The molecular weight excluding hydrogens is 388 g/mol. The van der Waals surface area contributed by atoms with Crippen molar-refractivity contribution >= 4 is 39.2 Å². The molecule has 2 aromatic rings. The van der Waals surface area contributed by atoms with Gasteiger partial charge in [-0.15, -0.1) is 12.4 Å². The zero-order valence-electron chi connectivity index (χ0n) is 15.5. The van der Waals surface area contributed by atoms with Gasteiger partial charge in [-0.2, -0.15) is 4.31 Å². The monoisotopic (exact) mass is 412 g/mol. The lowest BCUT2D eigenvalue weighted by molar-refractivity contribution is -0.132. The van der Waals surface area contributed by atoms with Crippen LogP contribution in [0.15, 0.2) is 35.4 Å². The number of para-hydroxylation sites is 1. The van der Waals surface area contributed by atoms with Crippen LogP contribution in [-0.4, -0.2) is 68.3 Å². The fraction of sp³-hybridized carbons (Fsp3) is 0.444. The number of fused-ring (bicyclic) bond motifs is 1. The number of hydrogen-bond donors (Lipinski definition) is 1. The van der Waals surface area contributed by atoms with E-state index in [0.29, 0.717) is 44.7 Å². The predicted octanol–water partition coefficient (Wildman–Crippen LogP) is 1.41. The molecule has 148 valence electrons. The molecule has 1 N–H and O–H groups in total. The van der Waals surface area contributed by atoms with Crippen molar-refractivity contribution in [2.75, 3.05) is 39.8 Å². The smallest absolute Gasteiger partial charge is 0.245 e. The zero-order valence-corrected chi connectivity index (χ0v) is 17.1. The molecule has 2 heterocycles. The highest BCUT2D eigenvalue weighted by Gasteiger charge is 2.31. The van der Waals surface area contributed by atoms with Crippen molar-refractivity contribution in [3.05, 3.63) is 36.0 Å². The number of piperazine rings is 1. The Morgan fingerprint density at radius 3 is 2.59 bits per heavy atom. The third-order valence-electron chi connectivity index (χ3n) is 4.61. The average molecular weight is 413 g/mol. The molecule has 0 atom stereocenters. The summed E-state index contributed by atoms with van der Waals surface area (Å²) in [5.41, 5.74) is 1.48. The molecule has 9 heteroatoms. The highest BCUT2D eigenvalue weighted by Crippen LogP contribution is 2.25. The molecular formula is C18H25ClN4O3S. The number of rotatable bonds is 5. The fourth-order valence-electron chi connectivity index (χ4n) is 3.16. The summed E-state index contributed by atoms with van der Waals surface area (Å²) in [5.74, 6) is 0.0544. The lowest BCUT2D eigenvalue weighted by Crippen LogP contribution is -2.50. The van der Waals surface area contributed by atoms with E-state index >= 15 is 0 Å². The van der Waals surface area contributed by atoms with Crippen LogP contribution in [0.25, 0.3) is 10.9 Å². The minimum absolute atomic E-state index is 0. The highest BCUT2D eigenvalue weighted by atomic mass is 35.5. The van der Waals surface area contributed by atoms with Gasteiger partial charge in [-0.3, -0.25) is 9.78 Å². The van der Waals surface area contributed by atoms with Crippen LogP contribution in [-0.2, 0) is 14.8 Å². The molecule has 0 radical (unpaired) electrons. The maximum atomic E-state index is 13.1. The maximum Gasteiger partial charge on any atom is 0.245 e. The van der Waals surface area contributed by atoms with Crippen LogP contribution in [0.5, 0.6) is 0 Å². The Kier molecular flexibility index (Phi) is 7.16. The Balaban J connectivity index is 0.00000261. The molecule has 1 aliphatic rings. The first-order valence-corrected chi connectivity index (χ1v) is 10.2. The Bertz CT molecular complexity index is 912. The summed E-state index contributed by atoms with van der Waals surface area (Å²) < 4.78 is 27.7. The van der Waals surface area contributed by atoms with E-state index in [1.165, 1.54) is 4.31 Å². The van der Waals surface area contributed by atoms with Crippen molar-refractivity contribution in [2.24, 2.45) is 0 Å². The number of pyridine rings is 1. The Labute approximate surface area is 166 Å². The molecule has 7 nitrogen and oxygen atoms in total. The fourth-order valence-corrected chi connectivity index (χ4v) is 4.75. The first-order chi connectivity index (χ1) is 12.4. The van der Waals surface area contributed by atoms with E-state index < -0.39 is 10.0 Å². The van der Waals surface area contributed by atoms with E-state index in [0.717, 1.165) is 10.9 Å². The summed E-state index contributed by atoms with van der Waals surface area (Å²) in [4.78, 5) is 18.4. The van der Waals surface area contributed by atoms with Crippen LogP contribution in [0, 0.1) is 6.92 Å². The van der Waals surface area contributed by atoms with E-state index in [2.05, 4.69) is 10.3 Å². The largest absolute Gasteiger partial charge is 0.340 e. The first kappa shape index (κ1) is 21.6. The summed E-state index contributed by atoms with van der Waals surface area (Å²) in [6.45, 7) is 3.99. The van der Waals surface area contributed by atoms with E-state index in [1.807, 2.05) is 19.1 Å². The van der Waals surface area contributed by atoms with Crippen molar-refractivity contribution in [3.63, 3.8) is 0 Å². The Morgan fingerprint density at radius 2 is 1.93 bits per heavy atom. The van der Waals surface area contributed by atoms with E-state index in [9.17, 15) is 13.2 Å². The lowest BCUT2D eigenvalue weighted by Gasteiger charge is -2.34. The third kappa shape index (κ3) is 4.57. The van der Waals surface area contributed by atoms with E-state index in [-0.39, 0.29) is 23.2 Å². The summed E-state index contributed by atoms with van der Waals surface area (Å²) in [6, 6.07) is 7.14. The lowest BCUT2D eigenvalue weighted by atomic mass is 10.2. The summed E-state index contributed by atoms with van der Waals surface area (Å²) in [7, 11) is -1.84. The number of hydrogen-bond acceptors (Lipinski definition) is 5. The molecule has 27 heavy (non-hydrogen) atoms. The summed E-state index contributed by atoms with van der Waals surface area (Å²) in [5, 5.41) is 3.76. The number of nitrogens with one attached hydrogen (secondary N) is 1. The predicted molar refractivity (Wildman–Crippen MR) is 108 cm³/mol. The van der Waals surface area contributed by atoms with Gasteiger partial charge in [0.05, 0.1) is 5.52 Å². The number of aromatic nitrogens is 1. The maximum absolute atomic E-state index is 13.1. The van der Waals surface area contributed by atoms with Gasteiger partial charge in [0.25, 0.3) is 0 Å². The van der Waals surface area contributed by atoms with Gasteiger partial charge < -0.3 is 10.2 Å². The van der Waals surface area contributed by atoms with Crippen molar-refractivity contribution in [1.29, 1.82) is 0 Å². The number of halogens is 1. The van der Waals surface area contributed by atoms with Gasteiger partial charge >= 0.3 is 0 Å². The number of sulfonamides is 1. The molecule has 1 amide bonds. The number of amides is 1. The normalized spacial score (nSPS) is 15.6. The van der Waals surface area contributed by atoms with Gasteiger partial charge in [0.2, 0.25) is 15.9 Å². The molecule has 3 rings (SSSR count). The number of nitrogens with zero attached hydrogens (tertiary/aromatic N) is 3. The molecule has 0 unspecified atom stereocenters. The van der Waals surface area contributed by atoms with Gasteiger partial charge in [0.15, 0.2) is 0 Å². The van der Waals surface area contributed by atoms with Crippen LogP contribution < -0.4 is 5.32 Å². The topological polar surface area (TPSA) is 82.6 Å². The van der Waals surface area contributed by atoms with Crippen molar-refractivity contribution < 1.29 is 13.2 Å². The molecule has 1 fully saturated rings. The molecule has 0 bridgehead atoms. The van der Waals surface area contributed by atoms with Gasteiger partial charge in [0.1, 0.15) is 4.90 Å². The molecule has 1 aliphatic heterocycles. The van der Waals surface area contributed by atoms with Crippen LogP contribution in [0.1, 0.15) is 12.0 Å². The van der Waals surface area contributed by atoms with E-state index in [4.69, 9.17) is 0 Å². The summed E-state index contributed by atoms with van der Waals surface area (Å²) >= 11 is 0. The molecule has 0 spiro atoms. The molecule has 1 aromatic heterocycles. The van der Waals surface area contributed by atoms with Crippen LogP contribution in [0.4, 0.5) is 0 Å². The first-order valence-electron chi connectivity index (χ1n) is 8.71. The second kappa shape index (κ2) is 8.97. The van der Waals surface area contributed by atoms with Gasteiger partial charge in [-0.1, -0.05) is 12.1 Å². The molecule has 1 aromatic carbocycles. The second-order valence-corrected chi connectivity index (χ2v) is 8.39. The van der Waals surface area contributed by atoms with Crippen molar-refractivity contribution in [1.82, 2.24) is 19.5 Å². The number of carbonyl (C=O) groups is 1. The summed E-state index contributed by atoms with van der Waals surface area (Å²) in [6.07, 6.45) is 2.11. The van der Waals surface area contributed by atoms with Crippen LogP contribution >= 0.6 is 12.4 Å². The van der Waals surface area contributed by atoms with Gasteiger partial charge in [0, 0.05) is 50.7 Å². The molecule has 0 saturated carbocycles. The van der Waals surface area contributed by atoms with E-state index in [1.54, 1.807) is 30.3 Å². The van der Waals surface area contributed by atoms with Crippen molar-refractivity contribution in [2.45, 2.75) is 18.2 Å². The number of carbonyl (C=O) groups excluding carboxylic acids is 1. The van der Waals surface area contributed by atoms with Gasteiger partial charge in [-0.05, 0) is 31.7 Å². The van der Waals surface area contributed by atoms with Gasteiger partial charge in [-0.25, -0.2) is 8.42 Å². The standard InChI is InChI=1S/C18H24N4O3S.ClH/c1-14-12-15-4-3-5-16(18(15)20-13-14)26(24,25)22-10-8-21(9-11-22)17(23)6-7-19-2;/h3-5,12-13,19H,6-11H2,1-2H3;1H. The molecule has 1 saturated heterocycles.